The van der Waals surface area contributed by atoms with Crippen molar-refractivity contribution >= 4 is 12.1 Å². The van der Waals surface area contributed by atoms with E-state index in [4.69, 9.17) is 9.84 Å². The van der Waals surface area contributed by atoms with E-state index in [-0.39, 0.29) is 12.3 Å². The zero-order valence-corrected chi connectivity index (χ0v) is 20.2. The molecule has 5 aromatic rings. The molecule has 0 radical (unpaired) electrons. The van der Waals surface area contributed by atoms with Gasteiger partial charge >= 0.3 is 0 Å². The van der Waals surface area contributed by atoms with E-state index in [0.29, 0.717) is 6.61 Å². The van der Waals surface area contributed by atoms with Gasteiger partial charge in [0.1, 0.15) is 18.1 Å². The van der Waals surface area contributed by atoms with E-state index >= 15 is 0 Å². The van der Waals surface area contributed by atoms with Crippen LogP contribution in [0.4, 0.5) is 0 Å². The van der Waals surface area contributed by atoms with Crippen LogP contribution in [0.5, 0.6) is 5.75 Å². The van der Waals surface area contributed by atoms with Gasteiger partial charge in [0.15, 0.2) is 0 Å². The molecule has 0 aliphatic heterocycles. The molecule has 6 heteroatoms. The largest absolute Gasteiger partial charge is 0.489 e. The number of para-hydroxylation sites is 1. The van der Waals surface area contributed by atoms with Gasteiger partial charge in [-0.2, -0.15) is 10.2 Å². The molecule has 4 aromatic carbocycles. The Morgan fingerprint density at radius 2 is 1.43 bits per heavy atom. The van der Waals surface area contributed by atoms with E-state index in [1.807, 2.05) is 126 Å². The average Bonchev–Trinajstić information content (AvgIpc) is 3.38. The Morgan fingerprint density at radius 1 is 0.811 bits per heavy atom. The number of amides is 1. The van der Waals surface area contributed by atoms with Crippen LogP contribution >= 0.6 is 0 Å². The molecule has 0 saturated heterocycles. The van der Waals surface area contributed by atoms with E-state index in [1.54, 1.807) is 6.21 Å². The summed E-state index contributed by atoms with van der Waals surface area (Å²) in [5, 5.41) is 9.02. The van der Waals surface area contributed by atoms with Gasteiger partial charge in [-0.25, -0.2) is 10.1 Å². The maximum absolute atomic E-state index is 12.3. The number of benzene rings is 4. The molecule has 1 amide bonds. The topological polar surface area (TPSA) is 68.5 Å². The Kier molecular flexibility index (Phi) is 7.47. The molecular weight excluding hydrogens is 460 g/mol. The molecule has 1 heterocycles. The second kappa shape index (κ2) is 11.6. The summed E-state index contributed by atoms with van der Waals surface area (Å²) in [6, 6.07) is 37.3. The Morgan fingerprint density at radius 3 is 2.11 bits per heavy atom. The summed E-state index contributed by atoms with van der Waals surface area (Å²) < 4.78 is 7.74. The van der Waals surface area contributed by atoms with Crippen LogP contribution in [0.25, 0.3) is 16.9 Å². The molecule has 0 aliphatic carbocycles. The summed E-state index contributed by atoms with van der Waals surface area (Å²) in [6.45, 7) is 0.503. The van der Waals surface area contributed by atoms with Gasteiger partial charge in [-0.1, -0.05) is 78.9 Å². The third-order valence-electron chi connectivity index (χ3n) is 5.74. The highest BCUT2D eigenvalue weighted by Gasteiger charge is 2.12. The van der Waals surface area contributed by atoms with Gasteiger partial charge in [-0.15, -0.1) is 0 Å². The van der Waals surface area contributed by atoms with Gasteiger partial charge in [0.05, 0.1) is 18.3 Å². The van der Waals surface area contributed by atoms with E-state index < -0.39 is 0 Å². The molecule has 0 atom stereocenters. The van der Waals surface area contributed by atoms with Crippen LogP contribution in [0.15, 0.2) is 127 Å². The molecule has 0 saturated carbocycles. The van der Waals surface area contributed by atoms with Crippen LogP contribution in [-0.2, 0) is 17.8 Å². The molecule has 0 unspecified atom stereocenters. The van der Waals surface area contributed by atoms with E-state index in [2.05, 4.69) is 10.5 Å². The van der Waals surface area contributed by atoms with Crippen molar-refractivity contribution in [2.24, 2.45) is 5.10 Å². The lowest BCUT2D eigenvalue weighted by Crippen LogP contribution is -2.19. The maximum Gasteiger partial charge on any atom is 0.244 e. The van der Waals surface area contributed by atoms with Gasteiger partial charge in [-0.05, 0) is 47.5 Å². The number of hydrazone groups is 1. The van der Waals surface area contributed by atoms with E-state index in [0.717, 1.165) is 39.4 Å². The quantitative estimate of drug-likeness (QED) is 0.211. The summed E-state index contributed by atoms with van der Waals surface area (Å²) in [6.07, 6.45) is 3.79. The standard InChI is InChI=1S/C31H26N4O2/c36-30(20-24-10-4-1-5-11-24)33-32-21-27-22-35(28-14-8-3-9-15-28)34-31(27)26-16-18-29(19-17-26)37-23-25-12-6-2-7-13-25/h1-19,21-22H,20,23H2,(H,33,36). The van der Waals surface area contributed by atoms with Crippen molar-refractivity contribution in [1.82, 2.24) is 15.2 Å². The number of rotatable bonds is 9. The highest BCUT2D eigenvalue weighted by Crippen LogP contribution is 2.25. The number of hydrogen-bond donors (Lipinski definition) is 1. The van der Waals surface area contributed by atoms with Gasteiger partial charge in [-0.3, -0.25) is 4.79 Å². The number of nitrogens with zero attached hydrogens (tertiary/aromatic N) is 3. The Hall–Kier alpha value is -4.97. The fourth-order valence-corrected chi connectivity index (χ4v) is 3.86. The molecule has 0 fully saturated rings. The molecule has 1 N–H and O–H groups in total. The molecule has 0 bridgehead atoms. The summed E-state index contributed by atoms with van der Waals surface area (Å²) in [7, 11) is 0. The number of nitrogens with one attached hydrogen (secondary N) is 1. The molecule has 1 aromatic heterocycles. The van der Waals surface area contributed by atoms with Crippen LogP contribution in [0.3, 0.4) is 0 Å². The van der Waals surface area contributed by atoms with Crippen molar-refractivity contribution in [2.45, 2.75) is 13.0 Å². The van der Waals surface area contributed by atoms with Crippen molar-refractivity contribution in [3.63, 3.8) is 0 Å². The minimum atomic E-state index is -0.181. The van der Waals surface area contributed by atoms with Crippen LogP contribution in [0, 0.1) is 0 Å². The predicted molar refractivity (Wildman–Crippen MR) is 146 cm³/mol. The van der Waals surface area contributed by atoms with Crippen molar-refractivity contribution in [2.75, 3.05) is 0 Å². The zero-order valence-electron chi connectivity index (χ0n) is 20.2. The predicted octanol–water partition coefficient (Wildman–Crippen LogP) is 5.81. The van der Waals surface area contributed by atoms with Gasteiger partial charge in [0, 0.05) is 17.3 Å². The Bertz CT molecular complexity index is 1460. The summed E-state index contributed by atoms with van der Waals surface area (Å²) in [5.74, 6) is 0.595. The fourth-order valence-electron chi connectivity index (χ4n) is 3.86. The number of hydrogen-bond acceptors (Lipinski definition) is 4. The second-order valence-electron chi connectivity index (χ2n) is 8.47. The van der Waals surface area contributed by atoms with Crippen LogP contribution in [-0.4, -0.2) is 21.9 Å². The summed E-state index contributed by atoms with van der Waals surface area (Å²) in [5.41, 5.74) is 8.04. The second-order valence-corrected chi connectivity index (χ2v) is 8.47. The van der Waals surface area contributed by atoms with E-state index in [9.17, 15) is 4.79 Å². The fraction of sp³-hybridized carbons (Fsp3) is 0.0645. The first-order valence-electron chi connectivity index (χ1n) is 12.0. The van der Waals surface area contributed by atoms with Crippen LogP contribution in [0.1, 0.15) is 16.7 Å². The lowest BCUT2D eigenvalue weighted by molar-refractivity contribution is -0.120. The lowest BCUT2D eigenvalue weighted by atomic mass is 10.1. The Balaban J connectivity index is 1.34. The van der Waals surface area contributed by atoms with Gasteiger partial charge in [0.2, 0.25) is 5.91 Å². The molecule has 5 rings (SSSR count). The Labute approximate surface area is 215 Å². The smallest absolute Gasteiger partial charge is 0.244 e. The molecule has 0 spiro atoms. The van der Waals surface area contributed by atoms with Crippen molar-refractivity contribution in [3.05, 3.63) is 138 Å². The third kappa shape index (κ3) is 6.38. The minimum absolute atomic E-state index is 0.181. The number of carbonyl (C=O) groups excluding carboxylic acids is 1. The van der Waals surface area contributed by atoms with Crippen LogP contribution in [0.2, 0.25) is 0 Å². The normalized spacial score (nSPS) is 10.9. The van der Waals surface area contributed by atoms with Crippen molar-refractivity contribution in [3.8, 4) is 22.7 Å². The van der Waals surface area contributed by atoms with Crippen molar-refractivity contribution < 1.29 is 9.53 Å². The summed E-state index contributed by atoms with van der Waals surface area (Å²) in [4.78, 5) is 12.3. The zero-order chi connectivity index (χ0) is 25.3. The monoisotopic (exact) mass is 486 g/mol. The molecule has 182 valence electrons. The number of ether oxygens (including phenoxy) is 1. The first kappa shape index (κ1) is 23.8. The molecule has 6 nitrogen and oxygen atoms in total. The SMILES string of the molecule is O=C(Cc1ccccc1)NN=Cc1cn(-c2ccccc2)nc1-c1ccc(OCc2ccccc2)cc1. The maximum atomic E-state index is 12.3. The highest BCUT2D eigenvalue weighted by molar-refractivity contribution is 5.90. The third-order valence-corrected chi connectivity index (χ3v) is 5.74. The van der Waals surface area contributed by atoms with E-state index in [1.165, 1.54) is 0 Å². The average molecular weight is 487 g/mol. The van der Waals surface area contributed by atoms with Gasteiger partial charge in [0.25, 0.3) is 0 Å². The van der Waals surface area contributed by atoms with Crippen LogP contribution < -0.4 is 10.2 Å². The summed E-state index contributed by atoms with van der Waals surface area (Å²) >= 11 is 0. The highest BCUT2D eigenvalue weighted by atomic mass is 16.5. The number of carbonyl (C=O) groups is 1. The minimum Gasteiger partial charge on any atom is -0.489 e. The first-order chi connectivity index (χ1) is 18.2. The number of aromatic nitrogens is 2. The van der Waals surface area contributed by atoms with Crippen molar-refractivity contribution in [1.29, 1.82) is 0 Å². The van der Waals surface area contributed by atoms with Gasteiger partial charge < -0.3 is 4.74 Å². The molecule has 0 aliphatic rings. The molecular formula is C31H26N4O2. The lowest BCUT2D eigenvalue weighted by Gasteiger charge is -2.07. The molecule has 37 heavy (non-hydrogen) atoms. The first-order valence-corrected chi connectivity index (χ1v) is 12.0.